The van der Waals surface area contributed by atoms with Gasteiger partial charge in [0, 0.05) is 11.8 Å². The molecule has 0 bridgehead atoms. The first-order valence-corrected chi connectivity index (χ1v) is 5.58. The summed E-state index contributed by atoms with van der Waals surface area (Å²) in [6.45, 7) is -1.82. The number of ether oxygens (including phenoxy) is 1. The number of anilines is 1. The molecule has 0 unspecified atom stereocenters. The fraction of sp³-hybridized carbons (Fsp3) is 0.333. The third-order valence-electron chi connectivity index (χ3n) is 2.03. The standard InChI is InChI=1S/C12H12F3N3O2/c13-12(14,15)8-17-7-11(19)18-9-2-1-3-10(6-9)20-5-4-16/h1-3,6,17H,5,7-8H2,(H,18,19). The monoisotopic (exact) mass is 287 g/mol. The van der Waals surface area contributed by atoms with E-state index in [2.05, 4.69) is 5.32 Å². The zero-order chi connectivity index (χ0) is 15.0. The third-order valence-corrected chi connectivity index (χ3v) is 2.03. The molecule has 0 spiro atoms. The molecule has 0 radical (unpaired) electrons. The van der Waals surface area contributed by atoms with E-state index in [1.54, 1.807) is 24.3 Å². The van der Waals surface area contributed by atoms with E-state index in [0.717, 1.165) is 0 Å². The molecular weight excluding hydrogens is 275 g/mol. The van der Waals surface area contributed by atoms with E-state index in [1.807, 2.05) is 5.32 Å². The Balaban J connectivity index is 2.44. The van der Waals surface area contributed by atoms with Crippen molar-refractivity contribution in [1.29, 1.82) is 5.26 Å². The number of nitrogens with one attached hydrogen (secondary N) is 2. The van der Waals surface area contributed by atoms with Crippen LogP contribution in [-0.2, 0) is 4.79 Å². The van der Waals surface area contributed by atoms with E-state index in [9.17, 15) is 18.0 Å². The molecule has 0 saturated carbocycles. The number of rotatable bonds is 6. The van der Waals surface area contributed by atoms with Crippen LogP contribution in [0.1, 0.15) is 0 Å². The van der Waals surface area contributed by atoms with Crippen LogP contribution >= 0.6 is 0 Å². The number of hydrogen-bond acceptors (Lipinski definition) is 4. The SMILES string of the molecule is N#CCOc1cccc(NC(=O)CNCC(F)(F)F)c1. The van der Waals surface area contributed by atoms with Gasteiger partial charge in [-0.05, 0) is 12.1 Å². The van der Waals surface area contributed by atoms with E-state index in [0.29, 0.717) is 11.4 Å². The first kappa shape index (κ1) is 15.8. The topological polar surface area (TPSA) is 74.1 Å². The molecular formula is C12H12F3N3O2. The Morgan fingerprint density at radius 3 is 2.80 bits per heavy atom. The van der Waals surface area contributed by atoms with Crippen LogP contribution in [-0.4, -0.2) is 31.8 Å². The Morgan fingerprint density at radius 2 is 2.15 bits per heavy atom. The molecule has 0 atom stereocenters. The number of carbonyl (C=O) groups excluding carboxylic acids is 1. The summed E-state index contributed by atoms with van der Waals surface area (Å²) >= 11 is 0. The van der Waals surface area contributed by atoms with Crippen molar-refractivity contribution in [3.8, 4) is 11.8 Å². The summed E-state index contributed by atoms with van der Waals surface area (Å²) < 4.78 is 40.6. The van der Waals surface area contributed by atoms with Gasteiger partial charge in [0.25, 0.3) is 0 Å². The van der Waals surface area contributed by atoms with Crippen molar-refractivity contribution in [3.63, 3.8) is 0 Å². The highest BCUT2D eigenvalue weighted by Crippen LogP contribution is 2.17. The van der Waals surface area contributed by atoms with E-state index in [1.165, 1.54) is 6.07 Å². The van der Waals surface area contributed by atoms with Gasteiger partial charge in [0.2, 0.25) is 5.91 Å². The van der Waals surface area contributed by atoms with Crippen LogP contribution in [0.3, 0.4) is 0 Å². The number of carbonyl (C=O) groups is 1. The molecule has 1 aromatic carbocycles. The van der Waals surface area contributed by atoms with Gasteiger partial charge in [-0.15, -0.1) is 0 Å². The number of halogens is 3. The van der Waals surface area contributed by atoms with Crippen molar-refractivity contribution in [3.05, 3.63) is 24.3 Å². The maximum absolute atomic E-state index is 11.9. The average Bonchev–Trinajstić information content (AvgIpc) is 2.35. The van der Waals surface area contributed by atoms with Crippen LogP contribution in [0.4, 0.5) is 18.9 Å². The van der Waals surface area contributed by atoms with Gasteiger partial charge in [0.15, 0.2) is 6.61 Å². The first-order valence-electron chi connectivity index (χ1n) is 5.58. The Kier molecular flexibility index (Phi) is 5.80. The lowest BCUT2D eigenvalue weighted by atomic mass is 10.3. The van der Waals surface area contributed by atoms with Crippen LogP contribution in [0.5, 0.6) is 5.75 Å². The molecule has 0 fully saturated rings. The normalized spacial score (nSPS) is 10.7. The number of benzene rings is 1. The molecule has 20 heavy (non-hydrogen) atoms. The van der Waals surface area contributed by atoms with Crippen molar-refractivity contribution in [2.75, 3.05) is 25.0 Å². The van der Waals surface area contributed by atoms with Crippen LogP contribution < -0.4 is 15.4 Å². The van der Waals surface area contributed by atoms with Crippen LogP contribution in [0, 0.1) is 11.3 Å². The van der Waals surface area contributed by atoms with Gasteiger partial charge in [0.05, 0.1) is 13.1 Å². The average molecular weight is 287 g/mol. The van der Waals surface area contributed by atoms with E-state index in [-0.39, 0.29) is 6.61 Å². The van der Waals surface area contributed by atoms with Crippen LogP contribution in [0.25, 0.3) is 0 Å². The highest BCUT2D eigenvalue weighted by Gasteiger charge is 2.26. The predicted molar refractivity (Wildman–Crippen MR) is 65.1 cm³/mol. The first-order chi connectivity index (χ1) is 9.40. The smallest absolute Gasteiger partial charge is 0.401 e. The number of hydrogen-bond donors (Lipinski definition) is 2. The highest BCUT2D eigenvalue weighted by atomic mass is 19.4. The van der Waals surface area contributed by atoms with Gasteiger partial charge in [-0.2, -0.15) is 18.4 Å². The summed E-state index contributed by atoms with van der Waals surface area (Å²) in [6.07, 6.45) is -4.36. The summed E-state index contributed by atoms with van der Waals surface area (Å²) in [5.41, 5.74) is 0.374. The Hall–Kier alpha value is -2.27. The van der Waals surface area contributed by atoms with Crippen LogP contribution in [0.2, 0.25) is 0 Å². The zero-order valence-corrected chi connectivity index (χ0v) is 10.3. The molecule has 0 heterocycles. The highest BCUT2D eigenvalue weighted by molar-refractivity contribution is 5.92. The minimum Gasteiger partial charge on any atom is -0.479 e. The summed E-state index contributed by atoms with van der Waals surface area (Å²) in [5.74, 6) is -0.223. The van der Waals surface area contributed by atoms with Crippen molar-refractivity contribution in [2.45, 2.75) is 6.18 Å². The lowest BCUT2D eigenvalue weighted by Crippen LogP contribution is -2.35. The third kappa shape index (κ3) is 6.61. The number of alkyl halides is 3. The van der Waals surface area contributed by atoms with Gasteiger partial charge >= 0.3 is 6.18 Å². The molecule has 0 aliphatic heterocycles. The molecule has 108 valence electrons. The van der Waals surface area contributed by atoms with Crippen molar-refractivity contribution >= 4 is 11.6 Å². The lowest BCUT2D eigenvalue weighted by Gasteiger charge is -2.09. The molecule has 0 aliphatic rings. The maximum Gasteiger partial charge on any atom is 0.401 e. The van der Waals surface area contributed by atoms with Crippen molar-refractivity contribution < 1.29 is 22.7 Å². The molecule has 5 nitrogen and oxygen atoms in total. The molecule has 0 aliphatic carbocycles. The second-order valence-electron chi connectivity index (χ2n) is 3.74. The number of nitrogens with zero attached hydrogens (tertiary/aromatic N) is 1. The Bertz CT molecular complexity index is 497. The Labute approximate surface area is 113 Å². The van der Waals surface area contributed by atoms with E-state index in [4.69, 9.17) is 10.00 Å². The van der Waals surface area contributed by atoms with Gasteiger partial charge in [0.1, 0.15) is 11.8 Å². The molecule has 0 aromatic heterocycles. The fourth-order valence-electron chi connectivity index (χ4n) is 1.30. The summed E-state index contributed by atoms with van der Waals surface area (Å²) in [6, 6.07) is 8.00. The number of nitriles is 1. The predicted octanol–water partition coefficient (Wildman–Crippen LogP) is 1.68. The molecule has 8 heteroatoms. The largest absolute Gasteiger partial charge is 0.479 e. The van der Waals surface area contributed by atoms with Crippen molar-refractivity contribution in [1.82, 2.24) is 5.32 Å². The van der Waals surface area contributed by atoms with E-state index < -0.39 is 25.2 Å². The minimum atomic E-state index is -4.36. The van der Waals surface area contributed by atoms with Crippen molar-refractivity contribution in [2.24, 2.45) is 0 Å². The molecule has 0 saturated heterocycles. The molecule has 1 amide bonds. The van der Waals surface area contributed by atoms with Gasteiger partial charge in [-0.1, -0.05) is 6.07 Å². The second-order valence-corrected chi connectivity index (χ2v) is 3.74. The lowest BCUT2D eigenvalue weighted by molar-refractivity contribution is -0.126. The molecule has 1 rings (SSSR count). The molecule has 2 N–H and O–H groups in total. The second kappa shape index (κ2) is 7.35. The summed E-state index contributed by atoms with van der Waals surface area (Å²) in [5, 5.41) is 12.8. The maximum atomic E-state index is 11.9. The van der Waals surface area contributed by atoms with Gasteiger partial charge in [-0.25, -0.2) is 0 Å². The summed E-state index contributed by atoms with van der Waals surface area (Å²) in [4.78, 5) is 11.4. The Morgan fingerprint density at radius 1 is 1.40 bits per heavy atom. The quantitative estimate of drug-likeness (QED) is 0.834. The minimum absolute atomic E-state index is 0.134. The fourth-order valence-corrected chi connectivity index (χ4v) is 1.30. The van der Waals surface area contributed by atoms with E-state index >= 15 is 0 Å². The molecule has 1 aromatic rings. The van der Waals surface area contributed by atoms with Gasteiger partial charge in [-0.3, -0.25) is 4.79 Å². The summed E-state index contributed by atoms with van der Waals surface area (Å²) in [7, 11) is 0. The number of amides is 1. The van der Waals surface area contributed by atoms with Crippen LogP contribution in [0.15, 0.2) is 24.3 Å². The zero-order valence-electron chi connectivity index (χ0n) is 10.3. The van der Waals surface area contributed by atoms with Gasteiger partial charge < -0.3 is 15.4 Å².